The average molecular weight is 649 g/mol. The Balaban J connectivity index is 1.04. The average Bonchev–Trinajstić information content (AvgIpc) is 3.44. The minimum atomic E-state index is 0.0260. The maximum absolute atomic E-state index is 13.9. The summed E-state index contributed by atoms with van der Waals surface area (Å²) in [5.74, 6) is 1.35. The monoisotopic (exact) mass is 647 g/mol. The second-order valence-corrected chi connectivity index (χ2v) is 12.9. The fourth-order valence-electron chi connectivity index (χ4n) is 7.03. The highest BCUT2D eigenvalue weighted by atomic mass is 79.9. The van der Waals surface area contributed by atoms with E-state index in [2.05, 4.69) is 132 Å². The van der Waals surface area contributed by atoms with Crippen molar-refractivity contribution in [3.8, 4) is 5.69 Å². The van der Waals surface area contributed by atoms with E-state index in [4.69, 9.17) is 4.98 Å². The summed E-state index contributed by atoms with van der Waals surface area (Å²) >= 11 is 3.64. The third kappa shape index (κ3) is 6.09. The maximum atomic E-state index is 13.9. The number of hydrogen-bond donors (Lipinski definition) is 0. The van der Waals surface area contributed by atoms with Gasteiger partial charge in [-0.25, -0.2) is 4.98 Å². The molecule has 0 spiro atoms. The van der Waals surface area contributed by atoms with Crippen LogP contribution in [0.5, 0.6) is 0 Å². The molecule has 0 bridgehead atoms. The topological polar surface area (TPSA) is 44.6 Å². The summed E-state index contributed by atoms with van der Waals surface area (Å²) in [6, 6.07) is 38.4. The molecule has 2 aliphatic rings. The lowest BCUT2D eigenvalue weighted by atomic mass is 9.95. The number of halogens is 1. The number of carbonyl (C=O) groups is 1. The molecule has 0 N–H and O–H groups in total. The van der Waals surface area contributed by atoms with E-state index in [-0.39, 0.29) is 12.0 Å². The first-order valence-corrected chi connectivity index (χ1v) is 16.5. The van der Waals surface area contributed by atoms with Gasteiger partial charge in [-0.05, 0) is 60.8 Å². The third-order valence-corrected chi connectivity index (χ3v) is 9.63. The number of imidazole rings is 1. The molecule has 224 valence electrons. The van der Waals surface area contributed by atoms with Crippen LogP contribution in [0.4, 0.5) is 0 Å². The van der Waals surface area contributed by atoms with Crippen molar-refractivity contribution >= 4 is 32.9 Å². The van der Waals surface area contributed by atoms with Crippen molar-refractivity contribution in [2.75, 3.05) is 39.3 Å². The zero-order chi connectivity index (χ0) is 29.9. The van der Waals surface area contributed by atoms with Gasteiger partial charge in [0.25, 0.3) is 0 Å². The molecule has 3 heterocycles. The summed E-state index contributed by atoms with van der Waals surface area (Å²) in [6.45, 7) is 5.75. The molecule has 0 aliphatic carbocycles. The van der Waals surface area contributed by atoms with E-state index >= 15 is 0 Å². The number of likely N-dealkylation sites (tertiary alicyclic amines) is 1. The summed E-state index contributed by atoms with van der Waals surface area (Å²) in [4.78, 5) is 26.0. The lowest BCUT2D eigenvalue weighted by molar-refractivity contribution is -0.139. The van der Waals surface area contributed by atoms with E-state index in [1.54, 1.807) is 0 Å². The first kappa shape index (κ1) is 29.0. The summed E-state index contributed by atoms with van der Waals surface area (Å²) < 4.78 is 3.31. The molecule has 2 fully saturated rings. The molecule has 5 aromatic rings. The Kier molecular flexibility index (Phi) is 8.60. The van der Waals surface area contributed by atoms with Crippen molar-refractivity contribution in [1.82, 2.24) is 24.3 Å². The van der Waals surface area contributed by atoms with E-state index in [0.29, 0.717) is 12.5 Å². The van der Waals surface area contributed by atoms with Crippen molar-refractivity contribution in [3.05, 3.63) is 131 Å². The molecule has 2 saturated heterocycles. The number of para-hydroxylation sites is 2. The zero-order valence-electron chi connectivity index (χ0n) is 24.9. The first-order chi connectivity index (χ1) is 21.6. The predicted molar refractivity (Wildman–Crippen MR) is 180 cm³/mol. The van der Waals surface area contributed by atoms with Crippen LogP contribution in [0.3, 0.4) is 0 Å². The highest BCUT2D eigenvalue weighted by Gasteiger charge is 2.33. The Morgan fingerprint density at radius 3 is 2.18 bits per heavy atom. The molecule has 1 atom stereocenters. The van der Waals surface area contributed by atoms with Crippen LogP contribution in [0, 0.1) is 5.92 Å². The van der Waals surface area contributed by atoms with Crippen LogP contribution in [-0.4, -0.2) is 69.4 Å². The van der Waals surface area contributed by atoms with Gasteiger partial charge in [-0.15, -0.1) is 0 Å². The van der Waals surface area contributed by atoms with E-state index in [0.717, 1.165) is 79.1 Å². The summed E-state index contributed by atoms with van der Waals surface area (Å²) in [5, 5.41) is 0. The number of aromatic nitrogens is 2. The third-order valence-electron chi connectivity index (χ3n) is 9.14. The number of hydrogen-bond acceptors (Lipinski definition) is 4. The molecule has 6 nitrogen and oxygen atoms in total. The fraction of sp³-hybridized carbons (Fsp3) is 0.297. The van der Waals surface area contributed by atoms with Crippen LogP contribution in [0.25, 0.3) is 16.7 Å². The number of nitrogens with zero attached hydrogens (tertiary/aromatic N) is 5. The number of fused-ring (bicyclic) bond motifs is 1. The molecule has 0 radical (unpaired) electrons. The lowest BCUT2D eigenvalue weighted by Crippen LogP contribution is -2.53. The van der Waals surface area contributed by atoms with E-state index in [9.17, 15) is 4.79 Å². The Bertz CT molecular complexity index is 1670. The van der Waals surface area contributed by atoms with Crippen molar-refractivity contribution in [2.24, 2.45) is 5.92 Å². The van der Waals surface area contributed by atoms with Gasteiger partial charge in [0.2, 0.25) is 5.91 Å². The molecule has 1 amide bonds. The van der Waals surface area contributed by atoms with E-state index in [1.165, 1.54) is 11.1 Å². The van der Waals surface area contributed by atoms with Gasteiger partial charge in [-0.2, -0.15) is 0 Å². The predicted octanol–water partition coefficient (Wildman–Crippen LogP) is 6.93. The molecule has 1 aromatic heterocycles. The molecule has 4 aromatic carbocycles. The van der Waals surface area contributed by atoms with Crippen LogP contribution < -0.4 is 0 Å². The fourth-order valence-corrected chi connectivity index (χ4v) is 7.42. The van der Waals surface area contributed by atoms with Gasteiger partial charge in [-0.3, -0.25) is 19.2 Å². The highest BCUT2D eigenvalue weighted by Crippen LogP contribution is 2.31. The highest BCUT2D eigenvalue weighted by molar-refractivity contribution is 9.10. The van der Waals surface area contributed by atoms with Crippen LogP contribution >= 0.6 is 15.9 Å². The number of rotatable bonds is 7. The number of benzene rings is 4. The Labute approximate surface area is 268 Å². The summed E-state index contributed by atoms with van der Waals surface area (Å²) in [6.07, 6.45) is 1.98. The van der Waals surface area contributed by atoms with Gasteiger partial charge < -0.3 is 4.90 Å². The molecule has 0 unspecified atom stereocenters. The van der Waals surface area contributed by atoms with Gasteiger partial charge >= 0.3 is 0 Å². The van der Waals surface area contributed by atoms with E-state index < -0.39 is 0 Å². The van der Waals surface area contributed by atoms with Crippen LogP contribution in [0.1, 0.15) is 35.8 Å². The normalized spacial score (nSPS) is 18.2. The van der Waals surface area contributed by atoms with Crippen LogP contribution in [0.2, 0.25) is 0 Å². The number of piperidine rings is 1. The van der Waals surface area contributed by atoms with Crippen molar-refractivity contribution in [2.45, 2.75) is 25.4 Å². The van der Waals surface area contributed by atoms with Gasteiger partial charge in [0.1, 0.15) is 5.82 Å². The van der Waals surface area contributed by atoms with E-state index in [1.807, 2.05) is 12.1 Å². The Morgan fingerprint density at radius 2 is 1.48 bits per heavy atom. The molecule has 7 heteroatoms. The SMILES string of the molecule is O=C([C@H]1CCCN(Cc2nc3ccccc3n2-c2cccc(Br)c2)C1)N1CCN(C(c2ccccc2)c2ccccc2)CC1. The summed E-state index contributed by atoms with van der Waals surface area (Å²) in [5.41, 5.74) is 5.79. The maximum Gasteiger partial charge on any atom is 0.227 e. The Hall–Kier alpha value is -3.78. The van der Waals surface area contributed by atoms with Crippen LogP contribution in [-0.2, 0) is 11.3 Å². The number of carbonyl (C=O) groups excluding carboxylic acids is 1. The number of amides is 1. The Morgan fingerprint density at radius 1 is 0.795 bits per heavy atom. The molecule has 7 rings (SSSR count). The van der Waals surface area contributed by atoms with Crippen LogP contribution in [0.15, 0.2) is 114 Å². The molecular weight excluding hydrogens is 610 g/mol. The molecular formula is C37H38BrN5O. The standard InChI is InChI=1S/C37H38BrN5O/c38-31-16-9-17-32(25-31)43-34-19-8-7-18-33(34)39-35(43)27-40-20-10-15-30(26-40)37(44)42-23-21-41(22-24-42)36(28-11-3-1-4-12-28)29-13-5-2-6-14-29/h1-9,11-14,16-19,25,30,36H,10,15,20-24,26-27H2/t30-/m0/s1. The minimum absolute atomic E-state index is 0.0260. The second kappa shape index (κ2) is 13.1. The minimum Gasteiger partial charge on any atom is -0.340 e. The van der Waals surface area contributed by atoms with Crippen molar-refractivity contribution < 1.29 is 4.79 Å². The smallest absolute Gasteiger partial charge is 0.227 e. The van der Waals surface area contributed by atoms with Crippen molar-refractivity contribution in [1.29, 1.82) is 0 Å². The molecule has 0 saturated carbocycles. The molecule has 2 aliphatic heterocycles. The zero-order valence-corrected chi connectivity index (χ0v) is 26.5. The lowest BCUT2D eigenvalue weighted by Gasteiger charge is -2.42. The quantitative estimate of drug-likeness (QED) is 0.192. The van der Waals surface area contributed by atoms with Gasteiger partial charge in [-0.1, -0.05) is 94.8 Å². The second-order valence-electron chi connectivity index (χ2n) is 12.0. The van der Waals surface area contributed by atoms with Gasteiger partial charge in [0, 0.05) is 42.9 Å². The first-order valence-electron chi connectivity index (χ1n) is 15.7. The largest absolute Gasteiger partial charge is 0.340 e. The van der Waals surface area contributed by atoms with Crippen molar-refractivity contribution in [3.63, 3.8) is 0 Å². The van der Waals surface area contributed by atoms with Gasteiger partial charge in [0.15, 0.2) is 0 Å². The summed E-state index contributed by atoms with van der Waals surface area (Å²) in [7, 11) is 0. The van der Waals surface area contributed by atoms with Gasteiger partial charge in [0.05, 0.1) is 29.5 Å². The number of piperazine rings is 1. The molecule has 44 heavy (non-hydrogen) atoms.